The normalized spacial score (nSPS) is 17.6. The number of ether oxygens (including phenoxy) is 1. The molecule has 0 spiro atoms. The van der Waals surface area contributed by atoms with Crippen LogP contribution >= 0.6 is 11.6 Å². The average molecular weight is 546 g/mol. The second-order valence-corrected chi connectivity index (χ2v) is 11.4. The van der Waals surface area contributed by atoms with Gasteiger partial charge in [0, 0.05) is 17.5 Å². The molecule has 3 aromatic rings. The summed E-state index contributed by atoms with van der Waals surface area (Å²) in [5, 5.41) is 13.3. The quantitative estimate of drug-likeness (QED) is 0.337. The Morgan fingerprint density at radius 2 is 1.59 bits per heavy atom. The molecule has 6 nitrogen and oxygen atoms in total. The van der Waals surface area contributed by atoms with Gasteiger partial charge in [-0.25, -0.2) is 4.79 Å². The van der Waals surface area contributed by atoms with Gasteiger partial charge >= 0.3 is 13.2 Å². The van der Waals surface area contributed by atoms with E-state index in [1.807, 2.05) is 64.1 Å². The Morgan fingerprint density at radius 3 is 2.18 bits per heavy atom. The second kappa shape index (κ2) is 10.8. The van der Waals surface area contributed by atoms with Gasteiger partial charge in [-0.15, -0.1) is 0 Å². The van der Waals surface area contributed by atoms with Crippen LogP contribution in [0.1, 0.15) is 55.9 Å². The Hall–Kier alpha value is -3.10. The van der Waals surface area contributed by atoms with Gasteiger partial charge in [-0.2, -0.15) is 0 Å². The zero-order valence-corrected chi connectivity index (χ0v) is 23.4. The smallest absolute Gasteiger partial charge is 0.449 e. The van der Waals surface area contributed by atoms with Crippen molar-refractivity contribution in [1.29, 1.82) is 0 Å². The third kappa shape index (κ3) is 5.50. The fraction of sp³-hybridized carbons (Fsp3) is 0.323. The number of rotatable bonds is 7. The lowest BCUT2D eigenvalue weighted by Gasteiger charge is -2.32. The molecule has 0 unspecified atom stereocenters. The number of benzene rings is 3. The summed E-state index contributed by atoms with van der Waals surface area (Å²) in [5.41, 5.74) is 5.68. The molecule has 202 valence electrons. The van der Waals surface area contributed by atoms with Crippen LogP contribution in [0.2, 0.25) is 5.02 Å². The van der Waals surface area contributed by atoms with E-state index in [9.17, 15) is 9.90 Å². The summed E-state index contributed by atoms with van der Waals surface area (Å²) >= 11 is 6.13. The largest absolute Gasteiger partial charge is 0.492 e. The van der Waals surface area contributed by atoms with Gasteiger partial charge in [-0.1, -0.05) is 72.3 Å². The van der Waals surface area contributed by atoms with E-state index >= 15 is 0 Å². The van der Waals surface area contributed by atoms with Crippen molar-refractivity contribution in [2.45, 2.75) is 51.4 Å². The number of amides is 1. The SMILES string of the molecule is CC1(C)OB(C(=Cc2ccc(Cl)cc2CO)CNC(=O)OCC2c3ccccc3-c3ccccc32)OC1(C)C. The molecule has 5 rings (SSSR count). The molecule has 2 aliphatic rings. The molecule has 0 radical (unpaired) electrons. The second-order valence-electron chi connectivity index (χ2n) is 11.0. The maximum atomic E-state index is 12.9. The van der Waals surface area contributed by atoms with E-state index in [0.717, 1.165) is 16.7 Å². The fourth-order valence-electron chi connectivity index (χ4n) is 5.07. The molecule has 0 saturated carbocycles. The van der Waals surface area contributed by atoms with Gasteiger partial charge in [0.05, 0.1) is 17.8 Å². The Kier molecular flexibility index (Phi) is 7.62. The van der Waals surface area contributed by atoms with E-state index in [4.69, 9.17) is 25.6 Å². The van der Waals surface area contributed by atoms with Crippen LogP contribution in [0.5, 0.6) is 0 Å². The zero-order valence-electron chi connectivity index (χ0n) is 22.7. The molecule has 8 heteroatoms. The van der Waals surface area contributed by atoms with Gasteiger partial charge in [0.2, 0.25) is 0 Å². The Balaban J connectivity index is 1.32. The van der Waals surface area contributed by atoms with Gasteiger partial charge in [0.15, 0.2) is 0 Å². The van der Waals surface area contributed by atoms with E-state index in [0.29, 0.717) is 16.1 Å². The minimum absolute atomic E-state index is 0.0255. The topological polar surface area (TPSA) is 77.0 Å². The predicted octanol–water partition coefficient (Wildman–Crippen LogP) is 6.39. The minimum atomic E-state index is -0.689. The molecule has 1 aliphatic carbocycles. The number of halogens is 1. The molecule has 0 bridgehead atoms. The Bertz CT molecular complexity index is 1360. The first-order valence-corrected chi connectivity index (χ1v) is 13.5. The summed E-state index contributed by atoms with van der Waals surface area (Å²) in [7, 11) is -0.689. The molecule has 2 N–H and O–H groups in total. The fourth-order valence-corrected chi connectivity index (χ4v) is 5.27. The average Bonchev–Trinajstić information content (AvgIpc) is 3.34. The van der Waals surface area contributed by atoms with E-state index in [-0.39, 0.29) is 25.7 Å². The van der Waals surface area contributed by atoms with Crippen molar-refractivity contribution in [3.63, 3.8) is 0 Å². The predicted molar refractivity (Wildman–Crippen MR) is 155 cm³/mol. The van der Waals surface area contributed by atoms with Crippen LogP contribution in [0, 0.1) is 0 Å². The lowest BCUT2D eigenvalue weighted by Crippen LogP contribution is -2.41. The van der Waals surface area contributed by atoms with Gasteiger partial charge in [0.1, 0.15) is 6.61 Å². The molecule has 0 aromatic heterocycles. The van der Waals surface area contributed by atoms with Crippen LogP contribution in [0.15, 0.2) is 72.2 Å². The number of fused-ring (bicyclic) bond motifs is 3. The van der Waals surface area contributed by atoms with Crippen molar-refractivity contribution < 1.29 is 23.9 Å². The molecule has 1 heterocycles. The van der Waals surface area contributed by atoms with Gasteiger partial charge < -0.3 is 24.5 Å². The lowest BCUT2D eigenvalue weighted by molar-refractivity contribution is 0.00578. The van der Waals surface area contributed by atoms with Crippen molar-refractivity contribution in [2.75, 3.05) is 13.2 Å². The molecule has 1 amide bonds. The van der Waals surface area contributed by atoms with Crippen LogP contribution in [-0.4, -0.2) is 42.7 Å². The number of carbonyl (C=O) groups excluding carboxylic acids is 1. The summed E-state index contributed by atoms with van der Waals surface area (Å²) in [6.45, 7) is 8.09. The van der Waals surface area contributed by atoms with Gasteiger partial charge in [-0.3, -0.25) is 0 Å². The van der Waals surface area contributed by atoms with Crippen molar-refractivity contribution >= 4 is 30.9 Å². The highest BCUT2D eigenvalue weighted by Gasteiger charge is 2.52. The van der Waals surface area contributed by atoms with Crippen molar-refractivity contribution in [1.82, 2.24) is 5.32 Å². The highest BCUT2D eigenvalue weighted by molar-refractivity contribution is 6.56. The zero-order chi connectivity index (χ0) is 27.8. The van der Waals surface area contributed by atoms with E-state index < -0.39 is 24.4 Å². The number of aliphatic hydroxyl groups is 1. The highest BCUT2D eigenvalue weighted by atomic mass is 35.5. The number of aliphatic hydroxyl groups excluding tert-OH is 1. The number of carbonyl (C=O) groups is 1. The standard InChI is InChI=1S/C31H33BClNO5/c1-30(2)31(3,4)39-32(38-30)22(15-20-13-14-23(33)16-21(20)18-35)17-34-29(36)37-19-28-26-11-7-5-9-24(26)25-10-6-8-12-27(25)28/h5-16,28,35H,17-19H2,1-4H3,(H,34,36). The first kappa shape index (κ1) is 27.5. The van der Waals surface area contributed by atoms with Crippen LogP contribution in [-0.2, 0) is 20.7 Å². The van der Waals surface area contributed by atoms with Gasteiger partial charge in [0.25, 0.3) is 0 Å². The third-order valence-corrected chi connectivity index (χ3v) is 8.19. The number of nitrogens with one attached hydrogen (secondary N) is 1. The molecular weight excluding hydrogens is 513 g/mol. The number of hydrogen-bond donors (Lipinski definition) is 2. The summed E-state index contributed by atoms with van der Waals surface area (Å²) in [4.78, 5) is 12.9. The van der Waals surface area contributed by atoms with E-state index in [1.165, 1.54) is 11.1 Å². The van der Waals surface area contributed by atoms with Crippen molar-refractivity contribution in [3.05, 3.63) is 99.5 Å². The number of hydrogen-bond acceptors (Lipinski definition) is 5. The molecule has 3 aromatic carbocycles. The van der Waals surface area contributed by atoms with E-state index in [2.05, 4.69) is 29.6 Å². The lowest BCUT2D eigenvalue weighted by atomic mass is 9.76. The summed E-state index contributed by atoms with van der Waals surface area (Å²) in [6, 6.07) is 21.8. The van der Waals surface area contributed by atoms with E-state index in [1.54, 1.807) is 12.1 Å². The molecule has 1 aliphatic heterocycles. The summed E-state index contributed by atoms with van der Waals surface area (Å²) in [5.74, 6) is -0.0255. The van der Waals surface area contributed by atoms with Crippen LogP contribution in [0.3, 0.4) is 0 Å². The van der Waals surface area contributed by atoms with Gasteiger partial charge in [-0.05, 0) is 78.7 Å². The highest BCUT2D eigenvalue weighted by Crippen LogP contribution is 2.44. The monoisotopic (exact) mass is 545 g/mol. The summed E-state index contributed by atoms with van der Waals surface area (Å²) in [6.07, 6.45) is 1.34. The maximum Gasteiger partial charge on any atom is 0.492 e. The Labute approximate surface area is 235 Å². The molecule has 0 atom stereocenters. The van der Waals surface area contributed by atoms with Crippen LogP contribution in [0.4, 0.5) is 4.79 Å². The van der Waals surface area contributed by atoms with Crippen molar-refractivity contribution in [2.24, 2.45) is 0 Å². The maximum absolute atomic E-state index is 12.9. The first-order valence-electron chi connectivity index (χ1n) is 13.1. The first-order chi connectivity index (χ1) is 18.6. The molecule has 1 saturated heterocycles. The van der Waals surface area contributed by atoms with Crippen LogP contribution < -0.4 is 5.32 Å². The van der Waals surface area contributed by atoms with Crippen molar-refractivity contribution in [3.8, 4) is 11.1 Å². The molecular formula is C31H33BClNO5. The molecule has 39 heavy (non-hydrogen) atoms. The minimum Gasteiger partial charge on any atom is -0.449 e. The van der Waals surface area contributed by atoms with Crippen LogP contribution in [0.25, 0.3) is 17.2 Å². The number of alkyl carbamates (subject to hydrolysis) is 1. The third-order valence-electron chi connectivity index (χ3n) is 7.95. The summed E-state index contributed by atoms with van der Waals surface area (Å²) < 4.78 is 18.3. The molecule has 1 fully saturated rings. The Morgan fingerprint density at radius 1 is 1.00 bits per heavy atom.